The van der Waals surface area contributed by atoms with Gasteiger partial charge in [0.1, 0.15) is 5.78 Å². The van der Waals surface area contributed by atoms with Gasteiger partial charge in [-0.2, -0.15) is 0 Å². The maximum atomic E-state index is 12.6. The topological polar surface area (TPSA) is 61.8 Å². The standard InChI is InChI=1S/C16H20O5/c1-19-13-8-11(9-14(20-2)16(13)21-3)15(18)10-5-4-6-12(17)7-10/h8-10H,4-7H2,1-3H3. The third-order valence-corrected chi connectivity index (χ3v) is 3.80. The summed E-state index contributed by atoms with van der Waals surface area (Å²) in [5.74, 6) is 1.23. The Kier molecular flexibility index (Phi) is 4.83. The van der Waals surface area contributed by atoms with Crippen LogP contribution >= 0.6 is 0 Å². The minimum absolute atomic E-state index is 0.0395. The van der Waals surface area contributed by atoms with E-state index in [1.807, 2.05) is 0 Å². The molecule has 0 radical (unpaired) electrons. The summed E-state index contributed by atoms with van der Waals surface area (Å²) in [5.41, 5.74) is 0.490. The molecule has 5 nitrogen and oxygen atoms in total. The summed E-state index contributed by atoms with van der Waals surface area (Å²) in [6.45, 7) is 0. The van der Waals surface area contributed by atoms with Crippen LogP contribution in [0.1, 0.15) is 36.0 Å². The highest BCUT2D eigenvalue weighted by atomic mass is 16.5. The lowest BCUT2D eigenvalue weighted by Crippen LogP contribution is -2.23. The number of methoxy groups -OCH3 is 3. The zero-order valence-electron chi connectivity index (χ0n) is 12.6. The summed E-state index contributed by atoms with van der Waals surface area (Å²) in [5, 5.41) is 0. The highest BCUT2D eigenvalue weighted by Crippen LogP contribution is 2.39. The number of hydrogen-bond donors (Lipinski definition) is 0. The first-order valence-electron chi connectivity index (χ1n) is 6.96. The molecule has 1 atom stereocenters. The summed E-state index contributed by atoms with van der Waals surface area (Å²) in [4.78, 5) is 24.1. The van der Waals surface area contributed by atoms with E-state index in [-0.39, 0.29) is 17.5 Å². The fraction of sp³-hybridized carbons (Fsp3) is 0.500. The number of Topliss-reactive ketones (excluding diaryl/α,β-unsaturated/α-hetero) is 2. The highest BCUT2D eigenvalue weighted by Gasteiger charge is 2.28. The number of carbonyl (C=O) groups excluding carboxylic acids is 2. The lowest BCUT2D eigenvalue weighted by Gasteiger charge is -2.20. The molecule has 0 aliphatic heterocycles. The maximum absolute atomic E-state index is 12.6. The number of carbonyl (C=O) groups is 2. The molecule has 1 unspecified atom stereocenters. The first-order valence-corrected chi connectivity index (χ1v) is 6.96. The molecule has 0 heterocycles. The quantitative estimate of drug-likeness (QED) is 0.781. The van der Waals surface area contributed by atoms with Gasteiger partial charge in [0.05, 0.1) is 21.3 Å². The van der Waals surface area contributed by atoms with Crippen molar-refractivity contribution in [1.29, 1.82) is 0 Å². The largest absolute Gasteiger partial charge is 0.493 e. The minimum Gasteiger partial charge on any atom is -0.493 e. The van der Waals surface area contributed by atoms with Gasteiger partial charge in [-0.05, 0) is 25.0 Å². The van der Waals surface area contributed by atoms with E-state index in [1.54, 1.807) is 12.1 Å². The van der Waals surface area contributed by atoms with Crippen molar-refractivity contribution in [3.8, 4) is 17.2 Å². The zero-order valence-corrected chi connectivity index (χ0v) is 12.6. The van der Waals surface area contributed by atoms with Crippen molar-refractivity contribution in [2.75, 3.05) is 21.3 Å². The molecule has 1 aliphatic carbocycles. The molecule has 0 spiro atoms. The van der Waals surface area contributed by atoms with E-state index in [2.05, 4.69) is 0 Å². The predicted octanol–water partition coefficient (Wildman–Crippen LogP) is 2.65. The minimum atomic E-state index is -0.242. The Balaban J connectivity index is 2.34. The molecular formula is C16H20O5. The fourth-order valence-corrected chi connectivity index (χ4v) is 2.71. The van der Waals surface area contributed by atoms with Crippen molar-refractivity contribution >= 4 is 11.6 Å². The number of rotatable bonds is 5. The second-order valence-electron chi connectivity index (χ2n) is 5.11. The second kappa shape index (κ2) is 6.61. The van der Waals surface area contributed by atoms with Crippen molar-refractivity contribution in [1.82, 2.24) is 0 Å². The SMILES string of the molecule is COc1cc(C(=O)C2CCCC(=O)C2)cc(OC)c1OC. The van der Waals surface area contributed by atoms with Gasteiger partial charge in [-0.3, -0.25) is 9.59 Å². The molecule has 1 aromatic rings. The number of ether oxygens (including phenoxy) is 3. The molecule has 1 aromatic carbocycles. The van der Waals surface area contributed by atoms with Crippen LogP contribution in [-0.2, 0) is 4.79 Å². The van der Waals surface area contributed by atoms with Gasteiger partial charge in [-0.25, -0.2) is 0 Å². The summed E-state index contributed by atoms with van der Waals surface area (Å²) >= 11 is 0. The average molecular weight is 292 g/mol. The van der Waals surface area contributed by atoms with E-state index < -0.39 is 0 Å². The Morgan fingerprint density at radius 1 is 1.10 bits per heavy atom. The molecule has 21 heavy (non-hydrogen) atoms. The van der Waals surface area contributed by atoms with Crippen LogP contribution in [0.3, 0.4) is 0 Å². The van der Waals surface area contributed by atoms with Crippen LogP contribution in [-0.4, -0.2) is 32.9 Å². The van der Waals surface area contributed by atoms with Gasteiger partial charge in [0.15, 0.2) is 17.3 Å². The molecule has 0 N–H and O–H groups in total. The monoisotopic (exact) mass is 292 g/mol. The first kappa shape index (κ1) is 15.4. The van der Waals surface area contributed by atoms with Gasteiger partial charge in [0.25, 0.3) is 0 Å². The van der Waals surface area contributed by atoms with Gasteiger partial charge in [-0.15, -0.1) is 0 Å². The Morgan fingerprint density at radius 2 is 1.71 bits per heavy atom. The van der Waals surface area contributed by atoms with E-state index in [0.29, 0.717) is 35.7 Å². The summed E-state index contributed by atoms with van der Waals surface area (Å²) in [7, 11) is 4.53. The molecule has 1 aliphatic rings. The summed E-state index contributed by atoms with van der Waals surface area (Å²) in [6.07, 6.45) is 2.44. The van der Waals surface area contributed by atoms with Crippen molar-refractivity contribution < 1.29 is 23.8 Å². The van der Waals surface area contributed by atoms with Crippen LogP contribution in [0.5, 0.6) is 17.2 Å². The average Bonchev–Trinajstić information content (AvgIpc) is 2.52. The lowest BCUT2D eigenvalue weighted by molar-refractivity contribution is -0.121. The summed E-state index contributed by atoms with van der Waals surface area (Å²) in [6, 6.07) is 3.28. The van der Waals surface area contributed by atoms with E-state index in [4.69, 9.17) is 14.2 Å². The number of hydrogen-bond acceptors (Lipinski definition) is 5. The van der Waals surface area contributed by atoms with E-state index in [1.165, 1.54) is 21.3 Å². The van der Waals surface area contributed by atoms with Gasteiger partial charge < -0.3 is 14.2 Å². The van der Waals surface area contributed by atoms with Crippen molar-refractivity contribution in [3.63, 3.8) is 0 Å². The third kappa shape index (κ3) is 3.17. The Labute approximate surface area is 124 Å². The Bertz CT molecular complexity index is 525. The summed E-state index contributed by atoms with van der Waals surface area (Å²) < 4.78 is 15.7. The Hall–Kier alpha value is -2.04. The number of ketones is 2. The molecule has 1 saturated carbocycles. The van der Waals surface area contributed by atoms with E-state index in [9.17, 15) is 9.59 Å². The normalized spacial score (nSPS) is 18.2. The zero-order chi connectivity index (χ0) is 15.4. The van der Waals surface area contributed by atoms with Gasteiger partial charge in [0, 0.05) is 24.3 Å². The van der Waals surface area contributed by atoms with Crippen LogP contribution in [0.2, 0.25) is 0 Å². The highest BCUT2D eigenvalue weighted by molar-refractivity contribution is 6.01. The molecule has 5 heteroatoms. The molecular weight excluding hydrogens is 272 g/mol. The molecule has 114 valence electrons. The predicted molar refractivity (Wildman–Crippen MR) is 77.4 cm³/mol. The molecule has 1 fully saturated rings. The first-order chi connectivity index (χ1) is 10.1. The van der Waals surface area contributed by atoms with Gasteiger partial charge in [0.2, 0.25) is 5.75 Å². The Morgan fingerprint density at radius 3 is 2.19 bits per heavy atom. The smallest absolute Gasteiger partial charge is 0.203 e. The van der Waals surface area contributed by atoms with Gasteiger partial charge in [-0.1, -0.05) is 0 Å². The lowest BCUT2D eigenvalue weighted by atomic mass is 9.83. The van der Waals surface area contributed by atoms with Crippen LogP contribution in [0, 0.1) is 5.92 Å². The second-order valence-corrected chi connectivity index (χ2v) is 5.11. The van der Waals surface area contributed by atoms with E-state index >= 15 is 0 Å². The van der Waals surface area contributed by atoms with Crippen LogP contribution in [0.25, 0.3) is 0 Å². The van der Waals surface area contributed by atoms with Gasteiger partial charge >= 0.3 is 0 Å². The van der Waals surface area contributed by atoms with Crippen LogP contribution < -0.4 is 14.2 Å². The fourth-order valence-electron chi connectivity index (χ4n) is 2.71. The number of benzene rings is 1. The molecule has 0 aromatic heterocycles. The van der Waals surface area contributed by atoms with Crippen LogP contribution in [0.15, 0.2) is 12.1 Å². The molecule has 2 rings (SSSR count). The van der Waals surface area contributed by atoms with E-state index in [0.717, 1.165) is 12.8 Å². The van der Waals surface area contributed by atoms with Crippen molar-refractivity contribution in [3.05, 3.63) is 17.7 Å². The molecule has 0 bridgehead atoms. The molecule has 0 saturated heterocycles. The van der Waals surface area contributed by atoms with Crippen LogP contribution in [0.4, 0.5) is 0 Å². The third-order valence-electron chi connectivity index (χ3n) is 3.80. The molecule has 0 amide bonds. The maximum Gasteiger partial charge on any atom is 0.203 e. The van der Waals surface area contributed by atoms with Crippen molar-refractivity contribution in [2.45, 2.75) is 25.7 Å². The van der Waals surface area contributed by atoms with Crippen molar-refractivity contribution in [2.24, 2.45) is 5.92 Å².